The van der Waals surface area contributed by atoms with Gasteiger partial charge in [-0.2, -0.15) is 11.8 Å². The molecule has 2 aliphatic heterocycles. The number of amides is 2. The minimum absolute atomic E-state index is 0.0653. The van der Waals surface area contributed by atoms with E-state index in [1.807, 2.05) is 53.1 Å². The number of rotatable bonds is 3. The van der Waals surface area contributed by atoms with E-state index in [4.69, 9.17) is 0 Å². The maximum absolute atomic E-state index is 12.8. The van der Waals surface area contributed by atoms with Crippen LogP contribution in [0.3, 0.4) is 0 Å². The van der Waals surface area contributed by atoms with Crippen LogP contribution in [-0.4, -0.2) is 34.5 Å². The summed E-state index contributed by atoms with van der Waals surface area (Å²) in [6, 6.07) is 20.8. The smallest absolute Gasteiger partial charge is 0.318 e. The highest BCUT2D eigenvalue weighted by atomic mass is 32.2. The highest BCUT2D eigenvalue weighted by Gasteiger charge is 2.41. The standard InChI is InChI=1S/C19H20N2OS/c22-19(21-12-17-11-16(21)13-23-17)20-18(14-7-3-1-4-8-14)15-9-5-2-6-10-15/h1-10,16-18H,11-13H2,(H,20,22). The second kappa shape index (κ2) is 6.28. The Balaban J connectivity index is 1.57. The van der Waals surface area contributed by atoms with Gasteiger partial charge in [0, 0.05) is 23.6 Å². The van der Waals surface area contributed by atoms with E-state index >= 15 is 0 Å². The van der Waals surface area contributed by atoms with Crippen LogP contribution in [0, 0.1) is 0 Å². The Bertz CT molecular complexity index is 637. The average molecular weight is 324 g/mol. The molecule has 0 aromatic heterocycles. The summed E-state index contributed by atoms with van der Waals surface area (Å²) < 4.78 is 0. The van der Waals surface area contributed by atoms with Crippen LogP contribution in [0.15, 0.2) is 60.7 Å². The first-order valence-corrected chi connectivity index (χ1v) is 9.15. The summed E-state index contributed by atoms with van der Waals surface area (Å²) in [6.45, 7) is 0.886. The van der Waals surface area contributed by atoms with Gasteiger partial charge in [-0.1, -0.05) is 60.7 Å². The van der Waals surface area contributed by atoms with Gasteiger partial charge in [-0.25, -0.2) is 4.79 Å². The molecule has 4 heteroatoms. The quantitative estimate of drug-likeness (QED) is 0.934. The Morgan fingerprint density at radius 2 is 1.65 bits per heavy atom. The molecule has 2 amide bonds. The number of carbonyl (C=O) groups excluding carboxylic acids is 1. The second-order valence-electron chi connectivity index (χ2n) is 6.20. The van der Waals surface area contributed by atoms with Crippen molar-refractivity contribution in [3.05, 3.63) is 71.8 Å². The first-order chi connectivity index (χ1) is 11.3. The Morgan fingerprint density at radius 3 is 2.13 bits per heavy atom. The number of thioether (sulfide) groups is 1. The second-order valence-corrected chi connectivity index (χ2v) is 7.53. The molecule has 2 aromatic carbocycles. The molecule has 2 heterocycles. The molecule has 4 rings (SSSR count). The third-order valence-electron chi connectivity index (χ3n) is 4.69. The molecule has 0 aliphatic carbocycles. The molecule has 1 N–H and O–H groups in total. The number of likely N-dealkylation sites (tertiary alicyclic amines) is 1. The van der Waals surface area contributed by atoms with E-state index in [1.54, 1.807) is 0 Å². The van der Waals surface area contributed by atoms with Crippen molar-refractivity contribution in [1.82, 2.24) is 10.2 Å². The van der Waals surface area contributed by atoms with E-state index in [2.05, 4.69) is 29.6 Å². The number of urea groups is 1. The molecule has 2 atom stereocenters. The summed E-state index contributed by atoms with van der Waals surface area (Å²) >= 11 is 2.00. The summed E-state index contributed by atoms with van der Waals surface area (Å²) in [5, 5.41) is 3.89. The minimum atomic E-state index is -0.100. The maximum atomic E-state index is 12.8. The zero-order valence-electron chi connectivity index (χ0n) is 12.9. The number of nitrogens with zero attached hydrogens (tertiary/aromatic N) is 1. The highest BCUT2D eigenvalue weighted by molar-refractivity contribution is 8.00. The van der Waals surface area contributed by atoms with Crippen molar-refractivity contribution in [2.45, 2.75) is 23.8 Å². The van der Waals surface area contributed by atoms with Gasteiger partial charge in [0.15, 0.2) is 0 Å². The van der Waals surface area contributed by atoms with E-state index in [9.17, 15) is 4.79 Å². The van der Waals surface area contributed by atoms with Crippen LogP contribution in [0.2, 0.25) is 0 Å². The van der Waals surface area contributed by atoms with Gasteiger partial charge in [0.1, 0.15) is 0 Å². The summed E-state index contributed by atoms with van der Waals surface area (Å²) in [5.41, 5.74) is 2.23. The first-order valence-electron chi connectivity index (χ1n) is 8.10. The number of hydrogen-bond acceptors (Lipinski definition) is 2. The van der Waals surface area contributed by atoms with Crippen LogP contribution >= 0.6 is 11.8 Å². The molecule has 3 nitrogen and oxygen atoms in total. The molecular weight excluding hydrogens is 304 g/mol. The zero-order valence-corrected chi connectivity index (χ0v) is 13.7. The predicted octanol–water partition coefficient (Wildman–Crippen LogP) is 3.68. The van der Waals surface area contributed by atoms with Crippen LogP contribution in [0.25, 0.3) is 0 Å². The largest absolute Gasteiger partial charge is 0.327 e. The molecule has 23 heavy (non-hydrogen) atoms. The van der Waals surface area contributed by atoms with E-state index < -0.39 is 0 Å². The molecule has 0 spiro atoms. The Labute approximate surface area is 141 Å². The Morgan fingerprint density at radius 1 is 1.04 bits per heavy atom. The lowest BCUT2D eigenvalue weighted by molar-refractivity contribution is 0.193. The first kappa shape index (κ1) is 14.6. The SMILES string of the molecule is O=C(NC(c1ccccc1)c1ccccc1)N1CC2CC1CS2. The van der Waals surface area contributed by atoms with Gasteiger partial charge in [0.25, 0.3) is 0 Å². The summed E-state index contributed by atoms with van der Waals surface area (Å²) in [7, 11) is 0. The lowest BCUT2D eigenvalue weighted by Crippen LogP contribution is -2.46. The molecule has 2 aliphatic rings. The zero-order chi connectivity index (χ0) is 15.6. The normalized spacial score (nSPS) is 22.6. The van der Waals surface area contributed by atoms with E-state index in [0.717, 1.165) is 29.8 Å². The monoisotopic (exact) mass is 324 g/mol. The molecule has 2 aromatic rings. The fourth-order valence-corrected chi connectivity index (χ4v) is 4.94. The summed E-state index contributed by atoms with van der Waals surface area (Å²) in [5.74, 6) is 1.08. The van der Waals surface area contributed by atoms with Crippen LogP contribution in [-0.2, 0) is 0 Å². The van der Waals surface area contributed by atoms with Crippen molar-refractivity contribution in [2.75, 3.05) is 12.3 Å². The van der Waals surface area contributed by atoms with Crippen molar-refractivity contribution in [3.8, 4) is 0 Å². The highest BCUT2D eigenvalue weighted by Crippen LogP contribution is 2.37. The van der Waals surface area contributed by atoms with E-state index in [-0.39, 0.29) is 12.1 Å². The van der Waals surface area contributed by atoms with Crippen LogP contribution < -0.4 is 5.32 Å². The van der Waals surface area contributed by atoms with Gasteiger partial charge in [0.05, 0.1) is 6.04 Å². The van der Waals surface area contributed by atoms with Crippen LogP contribution in [0.4, 0.5) is 4.79 Å². The molecule has 118 valence electrons. The molecule has 2 fully saturated rings. The van der Waals surface area contributed by atoms with Crippen molar-refractivity contribution < 1.29 is 4.79 Å². The maximum Gasteiger partial charge on any atom is 0.318 e. The number of hydrogen-bond donors (Lipinski definition) is 1. The average Bonchev–Trinajstić information content (AvgIpc) is 3.24. The van der Waals surface area contributed by atoms with Crippen LogP contribution in [0.5, 0.6) is 0 Å². The molecular formula is C19H20N2OS. The van der Waals surface area contributed by atoms with Gasteiger partial charge in [-0.05, 0) is 17.5 Å². The number of fused-ring (bicyclic) bond motifs is 2. The lowest BCUT2D eigenvalue weighted by atomic mass is 9.99. The third kappa shape index (κ3) is 2.95. The number of carbonyl (C=O) groups is 1. The fraction of sp³-hybridized carbons (Fsp3) is 0.316. The van der Waals surface area contributed by atoms with Gasteiger partial charge < -0.3 is 10.2 Å². The Kier molecular flexibility index (Phi) is 4.00. The van der Waals surface area contributed by atoms with Crippen molar-refractivity contribution in [1.29, 1.82) is 0 Å². The van der Waals surface area contributed by atoms with Crippen molar-refractivity contribution in [2.24, 2.45) is 0 Å². The molecule has 0 radical (unpaired) electrons. The topological polar surface area (TPSA) is 32.3 Å². The van der Waals surface area contributed by atoms with Crippen molar-refractivity contribution in [3.63, 3.8) is 0 Å². The molecule has 2 saturated heterocycles. The number of nitrogens with one attached hydrogen (secondary N) is 1. The summed E-state index contributed by atoms with van der Waals surface area (Å²) in [6.07, 6.45) is 1.15. The molecule has 0 saturated carbocycles. The predicted molar refractivity (Wildman–Crippen MR) is 94.6 cm³/mol. The van der Waals surface area contributed by atoms with Gasteiger partial charge in [0.2, 0.25) is 0 Å². The van der Waals surface area contributed by atoms with Gasteiger partial charge in [-0.3, -0.25) is 0 Å². The van der Waals surface area contributed by atoms with E-state index in [0.29, 0.717) is 11.3 Å². The lowest BCUT2D eigenvalue weighted by Gasteiger charge is -2.29. The van der Waals surface area contributed by atoms with E-state index in [1.165, 1.54) is 0 Å². The number of benzene rings is 2. The third-order valence-corrected chi connectivity index (χ3v) is 6.09. The summed E-state index contributed by atoms with van der Waals surface area (Å²) in [4.78, 5) is 14.8. The fourth-order valence-electron chi connectivity index (χ4n) is 3.50. The minimum Gasteiger partial charge on any atom is -0.327 e. The molecule has 2 unspecified atom stereocenters. The van der Waals surface area contributed by atoms with Gasteiger partial charge in [-0.15, -0.1) is 0 Å². The van der Waals surface area contributed by atoms with Crippen LogP contribution in [0.1, 0.15) is 23.6 Å². The molecule has 2 bridgehead atoms. The van der Waals surface area contributed by atoms with Crippen molar-refractivity contribution >= 4 is 17.8 Å². The van der Waals surface area contributed by atoms with Gasteiger partial charge >= 0.3 is 6.03 Å². The Hall–Kier alpha value is -1.94.